The van der Waals surface area contributed by atoms with Crippen LogP contribution in [0.3, 0.4) is 0 Å². The number of nitrogens with one attached hydrogen (secondary N) is 1. The zero-order chi connectivity index (χ0) is 19.4. The van der Waals surface area contributed by atoms with E-state index in [1.165, 1.54) is 13.2 Å². The molecule has 140 valence electrons. The molecule has 0 spiro atoms. The molecule has 0 saturated carbocycles. The van der Waals surface area contributed by atoms with Crippen molar-refractivity contribution in [3.8, 4) is 0 Å². The fraction of sp³-hybridized carbons (Fsp3) is 0.389. The fourth-order valence-electron chi connectivity index (χ4n) is 2.60. The van der Waals surface area contributed by atoms with Gasteiger partial charge in [0.2, 0.25) is 0 Å². The van der Waals surface area contributed by atoms with Crippen molar-refractivity contribution in [1.82, 2.24) is 4.98 Å². The lowest BCUT2D eigenvalue weighted by molar-refractivity contribution is 0.0436. The summed E-state index contributed by atoms with van der Waals surface area (Å²) in [4.78, 5) is 38.7. The second kappa shape index (κ2) is 7.90. The molecule has 0 aliphatic rings. The number of hydrogen-bond donors (Lipinski definition) is 1. The summed E-state index contributed by atoms with van der Waals surface area (Å²) in [6, 6.07) is 1.46. The number of methoxy groups -OCH3 is 1. The van der Waals surface area contributed by atoms with E-state index >= 15 is 0 Å². The van der Waals surface area contributed by atoms with Gasteiger partial charge >= 0.3 is 17.9 Å². The van der Waals surface area contributed by atoms with Gasteiger partial charge in [0.1, 0.15) is 29.4 Å². The van der Waals surface area contributed by atoms with Crippen LogP contribution in [0, 0.1) is 20.8 Å². The molecule has 0 fully saturated rings. The summed E-state index contributed by atoms with van der Waals surface area (Å²) < 4.78 is 20.2. The second-order valence-corrected chi connectivity index (χ2v) is 5.60. The van der Waals surface area contributed by atoms with Gasteiger partial charge in [0.25, 0.3) is 0 Å². The van der Waals surface area contributed by atoms with Crippen molar-refractivity contribution in [2.45, 2.75) is 34.3 Å². The van der Waals surface area contributed by atoms with E-state index in [0.29, 0.717) is 28.3 Å². The van der Waals surface area contributed by atoms with Crippen LogP contribution in [0.15, 0.2) is 10.5 Å². The summed E-state index contributed by atoms with van der Waals surface area (Å²) in [6.07, 6.45) is 0. The molecular weight excluding hydrogens is 342 g/mol. The standard InChI is InChI=1S/C18H21NO7/c1-6-24-17(21)14-9(2)15(19-10(14)3)18(22)25-8-12-7-13(11(4)26-12)16(20)23-5/h7,19H,6,8H2,1-5H3. The largest absolute Gasteiger partial charge is 0.465 e. The lowest BCUT2D eigenvalue weighted by Gasteiger charge is -2.03. The van der Waals surface area contributed by atoms with Crippen molar-refractivity contribution in [3.63, 3.8) is 0 Å². The number of carbonyl (C=O) groups excluding carboxylic acids is 3. The van der Waals surface area contributed by atoms with Crippen LogP contribution in [0.5, 0.6) is 0 Å². The lowest BCUT2D eigenvalue weighted by Crippen LogP contribution is -2.09. The molecule has 1 N–H and O–H groups in total. The van der Waals surface area contributed by atoms with Gasteiger partial charge in [-0.1, -0.05) is 0 Å². The zero-order valence-corrected chi connectivity index (χ0v) is 15.3. The minimum atomic E-state index is -0.644. The molecule has 0 aliphatic heterocycles. The SMILES string of the molecule is CCOC(=O)c1c(C)[nH]c(C(=O)OCc2cc(C(=O)OC)c(C)o2)c1C. The number of hydrogen-bond acceptors (Lipinski definition) is 7. The second-order valence-electron chi connectivity index (χ2n) is 5.60. The molecule has 2 aromatic rings. The first-order valence-electron chi connectivity index (χ1n) is 8.01. The molecule has 8 nitrogen and oxygen atoms in total. The van der Waals surface area contributed by atoms with E-state index in [1.54, 1.807) is 27.7 Å². The molecule has 26 heavy (non-hydrogen) atoms. The minimum Gasteiger partial charge on any atom is -0.465 e. The monoisotopic (exact) mass is 363 g/mol. The highest BCUT2D eigenvalue weighted by Crippen LogP contribution is 2.21. The first kappa shape index (κ1) is 19.3. The number of ether oxygens (including phenoxy) is 3. The first-order valence-corrected chi connectivity index (χ1v) is 8.01. The Morgan fingerprint density at radius 1 is 1.08 bits per heavy atom. The van der Waals surface area contributed by atoms with Crippen molar-refractivity contribution >= 4 is 17.9 Å². The third-order valence-corrected chi connectivity index (χ3v) is 3.84. The Hall–Kier alpha value is -3.03. The Morgan fingerprint density at radius 2 is 1.77 bits per heavy atom. The van der Waals surface area contributed by atoms with Gasteiger partial charge in [0.05, 0.1) is 19.3 Å². The summed E-state index contributed by atoms with van der Waals surface area (Å²) >= 11 is 0. The van der Waals surface area contributed by atoms with Crippen LogP contribution in [0.25, 0.3) is 0 Å². The van der Waals surface area contributed by atoms with Crippen molar-refractivity contribution in [3.05, 3.63) is 45.7 Å². The number of aromatic amines is 1. The number of rotatable bonds is 6. The molecule has 0 saturated heterocycles. The highest BCUT2D eigenvalue weighted by atomic mass is 16.5. The molecule has 0 unspecified atom stereocenters. The molecule has 0 radical (unpaired) electrons. The number of aryl methyl sites for hydroxylation is 2. The van der Waals surface area contributed by atoms with Gasteiger partial charge in [0, 0.05) is 5.69 Å². The number of esters is 3. The van der Waals surface area contributed by atoms with Gasteiger partial charge < -0.3 is 23.6 Å². The Kier molecular flexibility index (Phi) is 5.86. The predicted octanol–water partition coefficient (Wildman–Crippen LogP) is 2.85. The zero-order valence-electron chi connectivity index (χ0n) is 15.3. The third kappa shape index (κ3) is 3.79. The number of furan rings is 1. The van der Waals surface area contributed by atoms with Gasteiger partial charge in [-0.05, 0) is 39.3 Å². The molecule has 0 bridgehead atoms. The summed E-state index contributed by atoms with van der Waals surface area (Å²) in [6.45, 7) is 6.71. The van der Waals surface area contributed by atoms with Crippen molar-refractivity contribution in [1.29, 1.82) is 0 Å². The van der Waals surface area contributed by atoms with Crippen LogP contribution in [0.1, 0.15) is 60.9 Å². The number of H-pyrrole nitrogens is 1. The maximum Gasteiger partial charge on any atom is 0.355 e. The van der Waals surface area contributed by atoms with Crippen molar-refractivity contribution in [2.75, 3.05) is 13.7 Å². The Balaban J connectivity index is 2.13. The van der Waals surface area contributed by atoms with E-state index in [1.807, 2.05) is 0 Å². The predicted molar refractivity (Wildman–Crippen MR) is 90.1 cm³/mol. The topological polar surface area (TPSA) is 108 Å². The molecule has 2 heterocycles. The van der Waals surface area contributed by atoms with Crippen LogP contribution >= 0.6 is 0 Å². The van der Waals surface area contributed by atoms with Gasteiger partial charge in [-0.3, -0.25) is 0 Å². The lowest BCUT2D eigenvalue weighted by atomic mass is 10.1. The summed E-state index contributed by atoms with van der Waals surface area (Å²) in [7, 11) is 1.27. The maximum atomic E-state index is 12.3. The maximum absolute atomic E-state index is 12.3. The Bertz CT molecular complexity index is 844. The molecule has 2 aromatic heterocycles. The van der Waals surface area contributed by atoms with Gasteiger partial charge in [-0.15, -0.1) is 0 Å². The molecule has 8 heteroatoms. The normalized spacial score (nSPS) is 10.5. The number of aromatic nitrogens is 1. The first-order chi connectivity index (χ1) is 12.3. The summed E-state index contributed by atoms with van der Waals surface area (Å²) in [5.74, 6) is -0.988. The fourth-order valence-corrected chi connectivity index (χ4v) is 2.60. The van der Waals surface area contributed by atoms with E-state index in [0.717, 1.165) is 0 Å². The Labute approximate surface area is 150 Å². The van der Waals surface area contributed by atoms with Crippen LogP contribution in [0.2, 0.25) is 0 Å². The van der Waals surface area contributed by atoms with E-state index in [2.05, 4.69) is 9.72 Å². The van der Waals surface area contributed by atoms with Crippen molar-refractivity contribution in [2.24, 2.45) is 0 Å². The van der Waals surface area contributed by atoms with Crippen LogP contribution in [-0.4, -0.2) is 36.6 Å². The molecule has 0 aromatic carbocycles. The molecule has 0 amide bonds. The smallest absolute Gasteiger partial charge is 0.355 e. The van der Waals surface area contributed by atoms with Crippen molar-refractivity contribution < 1.29 is 33.0 Å². The average Bonchev–Trinajstić information content (AvgIpc) is 3.11. The quantitative estimate of drug-likeness (QED) is 0.621. The van der Waals surface area contributed by atoms with E-state index in [-0.39, 0.29) is 24.5 Å². The molecule has 0 atom stereocenters. The summed E-state index contributed by atoms with van der Waals surface area (Å²) in [5, 5.41) is 0. The van der Waals surface area contributed by atoms with Crippen LogP contribution < -0.4 is 0 Å². The van der Waals surface area contributed by atoms with Gasteiger partial charge in [-0.2, -0.15) is 0 Å². The van der Waals surface area contributed by atoms with Crippen LogP contribution in [-0.2, 0) is 20.8 Å². The Morgan fingerprint density at radius 3 is 2.38 bits per heavy atom. The van der Waals surface area contributed by atoms with E-state index in [9.17, 15) is 14.4 Å². The van der Waals surface area contributed by atoms with Crippen LogP contribution in [0.4, 0.5) is 0 Å². The summed E-state index contributed by atoms with van der Waals surface area (Å²) in [5.41, 5.74) is 1.74. The number of carbonyl (C=O) groups is 3. The van der Waals surface area contributed by atoms with E-state index in [4.69, 9.17) is 13.9 Å². The third-order valence-electron chi connectivity index (χ3n) is 3.84. The highest BCUT2D eigenvalue weighted by Gasteiger charge is 2.24. The van der Waals surface area contributed by atoms with E-state index < -0.39 is 17.9 Å². The average molecular weight is 363 g/mol. The minimum absolute atomic E-state index is 0.164. The van der Waals surface area contributed by atoms with Gasteiger partial charge in [0.15, 0.2) is 0 Å². The molecular formula is C18H21NO7. The molecule has 0 aliphatic carbocycles. The highest BCUT2D eigenvalue weighted by molar-refractivity contribution is 5.98. The molecule has 2 rings (SSSR count). The van der Waals surface area contributed by atoms with Gasteiger partial charge in [-0.25, -0.2) is 14.4 Å².